The fourth-order valence-electron chi connectivity index (χ4n) is 2.88. The fourth-order valence-corrected chi connectivity index (χ4v) is 2.88. The Kier molecular flexibility index (Phi) is 6.89. The summed E-state index contributed by atoms with van der Waals surface area (Å²) in [7, 11) is 0. The SMILES string of the molecule is CCN(CC)CCOC1CCN(C(=O)C2CNCCO2)C1. The van der Waals surface area contributed by atoms with Crippen molar-refractivity contribution in [1.82, 2.24) is 15.1 Å². The summed E-state index contributed by atoms with van der Waals surface area (Å²) in [5.74, 6) is 0.108. The Balaban J connectivity index is 1.67. The molecule has 21 heavy (non-hydrogen) atoms. The van der Waals surface area contributed by atoms with Crippen molar-refractivity contribution in [3.63, 3.8) is 0 Å². The van der Waals surface area contributed by atoms with Gasteiger partial charge in [-0.3, -0.25) is 4.79 Å². The third-order valence-corrected chi connectivity index (χ3v) is 4.32. The van der Waals surface area contributed by atoms with Gasteiger partial charge < -0.3 is 24.6 Å². The molecule has 122 valence electrons. The molecule has 2 rings (SSSR count). The van der Waals surface area contributed by atoms with E-state index in [2.05, 4.69) is 24.1 Å². The highest BCUT2D eigenvalue weighted by molar-refractivity contribution is 5.81. The van der Waals surface area contributed by atoms with E-state index in [4.69, 9.17) is 9.47 Å². The number of amides is 1. The monoisotopic (exact) mass is 299 g/mol. The van der Waals surface area contributed by atoms with Gasteiger partial charge in [0.15, 0.2) is 0 Å². The second kappa shape index (κ2) is 8.68. The molecule has 1 amide bonds. The molecule has 2 aliphatic rings. The van der Waals surface area contributed by atoms with E-state index in [1.54, 1.807) is 0 Å². The third-order valence-electron chi connectivity index (χ3n) is 4.32. The summed E-state index contributed by atoms with van der Waals surface area (Å²) in [6.45, 7) is 11.7. The van der Waals surface area contributed by atoms with Gasteiger partial charge in [-0.15, -0.1) is 0 Å². The molecule has 0 aromatic carbocycles. The highest BCUT2D eigenvalue weighted by Crippen LogP contribution is 2.15. The molecule has 2 saturated heterocycles. The molecule has 0 aromatic heterocycles. The number of morpholine rings is 1. The lowest BCUT2D eigenvalue weighted by molar-refractivity contribution is -0.144. The molecule has 0 saturated carbocycles. The number of hydrogen-bond donors (Lipinski definition) is 1. The van der Waals surface area contributed by atoms with Gasteiger partial charge in [0.2, 0.25) is 0 Å². The lowest BCUT2D eigenvalue weighted by Gasteiger charge is -2.27. The van der Waals surface area contributed by atoms with Crippen LogP contribution in [0.5, 0.6) is 0 Å². The number of rotatable bonds is 7. The van der Waals surface area contributed by atoms with Gasteiger partial charge in [-0.1, -0.05) is 13.8 Å². The minimum Gasteiger partial charge on any atom is -0.375 e. The van der Waals surface area contributed by atoms with Crippen molar-refractivity contribution in [3.05, 3.63) is 0 Å². The molecule has 2 unspecified atom stereocenters. The van der Waals surface area contributed by atoms with Gasteiger partial charge in [0.25, 0.3) is 5.91 Å². The number of nitrogens with one attached hydrogen (secondary N) is 1. The first-order chi connectivity index (χ1) is 10.2. The number of carbonyl (C=O) groups is 1. The lowest BCUT2D eigenvalue weighted by atomic mass is 10.2. The molecule has 1 N–H and O–H groups in total. The second-order valence-electron chi connectivity index (χ2n) is 5.66. The van der Waals surface area contributed by atoms with E-state index in [0.717, 1.165) is 45.8 Å². The maximum Gasteiger partial charge on any atom is 0.253 e. The molecule has 0 radical (unpaired) electrons. The summed E-state index contributed by atoms with van der Waals surface area (Å²) >= 11 is 0. The van der Waals surface area contributed by atoms with E-state index in [1.807, 2.05) is 4.90 Å². The van der Waals surface area contributed by atoms with Gasteiger partial charge in [-0.2, -0.15) is 0 Å². The Labute approximate surface area is 127 Å². The summed E-state index contributed by atoms with van der Waals surface area (Å²) in [5, 5.41) is 3.20. The molecule has 0 spiro atoms. The smallest absolute Gasteiger partial charge is 0.253 e. The van der Waals surface area contributed by atoms with E-state index in [-0.39, 0.29) is 18.1 Å². The Morgan fingerprint density at radius 3 is 2.90 bits per heavy atom. The molecular formula is C15H29N3O3. The summed E-state index contributed by atoms with van der Waals surface area (Å²) in [6.07, 6.45) is 0.804. The quantitative estimate of drug-likeness (QED) is 0.713. The highest BCUT2D eigenvalue weighted by Gasteiger charge is 2.32. The van der Waals surface area contributed by atoms with Crippen LogP contribution in [0.25, 0.3) is 0 Å². The van der Waals surface area contributed by atoms with Crippen LogP contribution in [-0.2, 0) is 14.3 Å². The Hall–Kier alpha value is -0.690. The molecule has 0 bridgehead atoms. The standard InChI is InChI=1S/C15H29N3O3/c1-3-17(4-2)8-10-20-13-5-7-18(12-13)15(19)14-11-16-6-9-21-14/h13-14,16H,3-12H2,1-2H3. The number of carbonyl (C=O) groups excluding carboxylic acids is 1. The Morgan fingerprint density at radius 2 is 2.24 bits per heavy atom. The van der Waals surface area contributed by atoms with Crippen molar-refractivity contribution in [3.8, 4) is 0 Å². The Bertz CT molecular complexity index is 317. The first-order valence-corrected chi connectivity index (χ1v) is 8.19. The molecule has 6 nitrogen and oxygen atoms in total. The number of likely N-dealkylation sites (tertiary alicyclic amines) is 1. The Morgan fingerprint density at radius 1 is 1.43 bits per heavy atom. The normalized spacial score (nSPS) is 26.5. The fraction of sp³-hybridized carbons (Fsp3) is 0.933. The number of likely N-dealkylation sites (N-methyl/N-ethyl adjacent to an activating group) is 1. The summed E-state index contributed by atoms with van der Waals surface area (Å²) in [5.41, 5.74) is 0. The molecule has 2 aliphatic heterocycles. The van der Waals surface area contributed by atoms with E-state index in [0.29, 0.717) is 19.7 Å². The zero-order valence-corrected chi connectivity index (χ0v) is 13.3. The van der Waals surface area contributed by atoms with Crippen LogP contribution < -0.4 is 5.32 Å². The van der Waals surface area contributed by atoms with Crippen LogP contribution in [0.1, 0.15) is 20.3 Å². The summed E-state index contributed by atoms with van der Waals surface area (Å²) < 4.78 is 11.4. The molecule has 2 atom stereocenters. The van der Waals surface area contributed by atoms with Crippen LogP contribution in [-0.4, -0.2) is 86.9 Å². The van der Waals surface area contributed by atoms with Crippen LogP contribution in [0, 0.1) is 0 Å². The second-order valence-corrected chi connectivity index (χ2v) is 5.66. The topological polar surface area (TPSA) is 54.0 Å². The van der Waals surface area contributed by atoms with Crippen molar-refractivity contribution in [2.75, 3.05) is 59.0 Å². The van der Waals surface area contributed by atoms with Crippen LogP contribution in [0.4, 0.5) is 0 Å². The number of nitrogens with zero attached hydrogens (tertiary/aromatic N) is 2. The maximum atomic E-state index is 12.3. The van der Waals surface area contributed by atoms with Crippen molar-refractivity contribution in [1.29, 1.82) is 0 Å². The minimum atomic E-state index is -0.312. The molecule has 0 aromatic rings. The third kappa shape index (κ3) is 4.92. The predicted molar refractivity (Wildman–Crippen MR) is 81.3 cm³/mol. The van der Waals surface area contributed by atoms with Crippen molar-refractivity contribution < 1.29 is 14.3 Å². The minimum absolute atomic E-state index is 0.108. The van der Waals surface area contributed by atoms with Crippen LogP contribution >= 0.6 is 0 Å². The van der Waals surface area contributed by atoms with Crippen molar-refractivity contribution >= 4 is 5.91 Å². The van der Waals surface area contributed by atoms with Crippen LogP contribution in [0.2, 0.25) is 0 Å². The highest BCUT2D eigenvalue weighted by atomic mass is 16.5. The maximum absolute atomic E-state index is 12.3. The summed E-state index contributed by atoms with van der Waals surface area (Å²) in [6, 6.07) is 0. The number of ether oxygens (including phenoxy) is 2. The molecular weight excluding hydrogens is 270 g/mol. The summed E-state index contributed by atoms with van der Waals surface area (Å²) in [4.78, 5) is 16.6. The zero-order chi connectivity index (χ0) is 15.1. The van der Waals surface area contributed by atoms with E-state index >= 15 is 0 Å². The lowest BCUT2D eigenvalue weighted by Crippen LogP contribution is -2.49. The van der Waals surface area contributed by atoms with Crippen molar-refractivity contribution in [2.24, 2.45) is 0 Å². The number of hydrogen-bond acceptors (Lipinski definition) is 5. The molecule has 6 heteroatoms. The average Bonchev–Trinajstić information content (AvgIpc) is 3.00. The van der Waals surface area contributed by atoms with Gasteiger partial charge in [0, 0.05) is 32.7 Å². The molecule has 2 fully saturated rings. The van der Waals surface area contributed by atoms with Gasteiger partial charge in [-0.25, -0.2) is 0 Å². The molecule has 2 heterocycles. The van der Waals surface area contributed by atoms with Gasteiger partial charge in [-0.05, 0) is 19.5 Å². The van der Waals surface area contributed by atoms with Gasteiger partial charge in [0.1, 0.15) is 6.10 Å². The largest absolute Gasteiger partial charge is 0.375 e. The van der Waals surface area contributed by atoms with Gasteiger partial charge in [0.05, 0.1) is 19.3 Å². The predicted octanol–water partition coefficient (Wildman–Crippen LogP) is -0.0659. The van der Waals surface area contributed by atoms with E-state index in [1.165, 1.54) is 0 Å². The zero-order valence-electron chi connectivity index (χ0n) is 13.3. The van der Waals surface area contributed by atoms with Crippen LogP contribution in [0.15, 0.2) is 0 Å². The average molecular weight is 299 g/mol. The van der Waals surface area contributed by atoms with E-state index in [9.17, 15) is 4.79 Å². The van der Waals surface area contributed by atoms with E-state index < -0.39 is 0 Å². The first-order valence-electron chi connectivity index (χ1n) is 8.19. The van der Waals surface area contributed by atoms with Crippen LogP contribution in [0.3, 0.4) is 0 Å². The van der Waals surface area contributed by atoms with Crippen molar-refractivity contribution in [2.45, 2.75) is 32.5 Å². The first kappa shape index (κ1) is 16.7. The van der Waals surface area contributed by atoms with Gasteiger partial charge >= 0.3 is 0 Å². The molecule has 0 aliphatic carbocycles.